The first kappa shape index (κ1) is 33.2. The fourth-order valence-corrected chi connectivity index (χ4v) is 2.96. The fraction of sp³-hybridized carbons (Fsp3) is 0.875. The molecule has 0 aromatic rings. The topological polar surface area (TPSA) is 113 Å². The van der Waals surface area contributed by atoms with E-state index in [0.29, 0.717) is 65.7 Å². The maximum atomic E-state index is 12.0. The number of ether oxygens (including phenoxy) is 6. The molecule has 0 heterocycles. The molecule has 0 fully saturated rings. The van der Waals surface area contributed by atoms with Crippen LogP contribution in [0.15, 0.2) is 0 Å². The quantitative estimate of drug-likeness (QED) is 0.107. The third-order valence-corrected chi connectivity index (χ3v) is 4.83. The summed E-state index contributed by atoms with van der Waals surface area (Å²) in [5.74, 6) is -1.01. The number of carbonyl (C=O) groups excluding carboxylic acids is 3. The Hall–Kier alpha value is -1.79. The van der Waals surface area contributed by atoms with Crippen LogP contribution in [0.5, 0.6) is 0 Å². The Labute approximate surface area is 210 Å². The predicted octanol–water partition coefficient (Wildman–Crippen LogP) is 1.13. The summed E-state index contributed by atoms with van der Waals surface area (Å²) in [5.41, 5.74) is 0. The Morgan fingerprint density at radius 3 is 1.37 bits per heavy atom. The highest BCUT2D eigenvalue weighted by Crippen LogP contribution is 1.98. The first-order valence-electron chi connectivity index (χ1n) is 12.5. The largest absolute Gasteiger partial charge is 0.465 e. The number of esters is 3. The summed E-state index contributed by atoms with van der Waals surface area (Å²) in [5, 5.41) is 0. The first-order valence-corrected chi connectivity index (χ1v) is 12.5. The van der Waals surface area contributed by atoms with Gasteiger partial charge in [-0.1, -0.05) is 0 Å². The van der Waals surface area contributed by atoms with Gasteiger partial charge in [-0.05, 0) is 20.3 Å². The summed E-state index contributed by atoms with van der Waals surface area (Å²) in [6.07, 6.45) is 0.860. The molecule has 0 radical (unpaired) electrons. The number of hydrogen-bond donors (Lipinski definition) is 0. The second kappa shape index (κ2) is 23.9. The van der Waals surface area contributed by atoms with E-state index in [1.165, 1.54) is 13.8 Å². The van der Waals surface area contributed by atoms with E-state index in [9.17, 15) is 14.4 Å². The van der Waals surface area contributed by atoms with Crippen LogP contribution in [-0.2, 0) is 42.8 Å². The molecule has 0 spiro atoms. The van der Waals surface area contributed by atoms with Crippen molar-refractivity contribution in [2.24, 2.45) is 0 Å². The molecule has 0 unspecified atom stereocenters. The minimum Gasteiger partial charge on any atom is -0.465 e. The van der Waals surface area contributed by atoms with E-state index in [1.807, 2.05) is 18.7 Å². The van der Waals surface area contributed by atoms with Crippen molar-refractivity contribution in [2.75, 3.05) is 98.7 Å². The van der Waals surface area contributed by atoms with Gasteiger partial charge in [0.1, 0.15) is 19.8 Å². The van der Waals surface area contributed by atoms with Crippen LogP contribution in [0.4, 0.5) is 0 Å². The third kappa shape index (κ3) is 23.7. The van der Waals surface area contributed by atoms with E-state index in [2.05, 4.69) is 4.90 Å². The Morgan fingerprint density at radius 2 is 0.943 bits per heavy atom. The second-order valence-corrected chi connectivity index (χ2v) is 7.69. The molecule has 0 aromatic heterocycles. The summed E-state index contributed by atoms with van der Waals surface area (Å²) in [6.45, 7) is 14.9. The standard InChI is InChI=1S/C24H46N2O9/c1-5-30-16-9-25(10-17-31-6-2)11-18-32-15-7-8-24(29)35-21-14-26(12-19-33-22(3)27)13-20-34-23(4)28/h5-21H2,1-4H3. The molecule has 11 heteroatoms. The van der Waals surface area contributed by atoms with Gasteiger partial charge in [-0.15, -0.1) is 0 Å². The molecule has 0 saturated heterocycles. The highest BCUT2D eigenvalue weighted by Gasteiger charge is 2.10. The number of carbonyl (C=O) groups is 3. The molecule has 0 aliphatic rings. The van der Waals surface area contributed by atoms with Crippen LogP contribution in [0, 0.1) is 0 Å². The smallest absolute Gasteiger partial charge is 0.305 e. The van der Waals surface area contributed by atoms with E-state index in [0.717, 1.165) is 19.6 Å². The molecule has 35 heavy (non-hydrogen) atoms. The molecule has 0 aliphatic carbocycles. The molecule has 0 N–H and O–H groups in total. The van der Waals surface area contributed by atoms with Crippen molar-refractivity contribution < 1.29 is 42.8 Å². The number of nitrogens with zero attached hydrogens (tertiary/aromatic N) is 2. The number of rotatable bonds is 24. The maximum Gasteiger partial charge on any atom is 0.305 e. The normalized spacial score (nSPS) is 11.1. The van der Waals surface area contributed by atoms with Gasteiger partial charge in [-0.3, -0.25) is 24.2 Å². The van der Waals surface area contributed by atoms with Crippen molar-refractivity contribution in [1.82, 2.24) is 9.80 Å². The first-order chi connectivity index (χ1) is 16.9. The maximum absolute atomic E-state index is 12.0. The van der Waals surface area contributed by atoms with Crippen LogP contribution in [-0.4, -0.2) is 126 Å². The molecule has 0 atom stereocenters. The van der Waals surface area contributed by atoms with Gasteiger partial charge >= 0.3 is 17.9 Å². The monoisotopic (exact) mass is 506 g/mol. The molecular weight excluding hydrogens is 460 g/mol. The van der Waals surface area contributed by atoms with Gasteiger partial charge in [0.2, 0.25) is 0 Å². The minimum absolute atomic E-state index is 0.203. The molecule has 0 bridgehead atoms. The third-order valence-electron chi connectivity index (χ3n) is 4.83. The molecule has 0 amide bonds. The van der Waals surface area contributed by atoms with Crippen LogP contribution < -0.4 is 0 Å². The minimum atomic E-state index is -0.359. The Balaban J connectivity index is 4.01. The Kier molecular flexibility index (Phi) is 22.7. The Morgan fingerprint density at radius 1 is 0.543 bits per heavy atom. The van der Waals surface area contributed by atoms with Gasteiger partial charge < -0.3 is 28.4 Å². The van der Waals surface area contributed by atoms with E-state index >= 15 is 0 Å². The van der Waals surface area contributed by atoms with Crippen molar-refractivity contribution in [2.45, 2.75) is 40.5 Å². The zero-order chi connectivity index (χ0) is 26.2. The highest BCUT2D eigenvalue weighted by molar-refractivity contribution is 5.69. The van der Waals surface area contributed by atoms with Gasteiger partial charge in [0.05, 0.1) is 19.8 Å². The molecule has 0 aromatic carbocycles. The molecular formula is C24H46N2O9. The summed E-state index contributed by atoms with van der Waals surface area (Å²) in [7, 11) is 0. The lowest BCUT2D eigenvalue weighted by Crippen LogP contribution is -2.35. The highest BCUT2D eigenvalue weighted by atomic mass is 16.5. The van der Waals surface area contributed by atoms with Crippen molar-refractivity contribution in [3.8, 4) is 0 Å². The van der Waals surface area contributed by atoms with Gasteiger partial charge in [0.25, 0.3) is 0 Å². The van der Waals surface area contributed by atoms with E-state index in [1.54, 1.807) is 0 Å². The second-order valence-electron chi connectivity index (χ2n) is 7.69. The van der Waals surface area contributed by atoms with Gasteiger partial charge in [0, 0.05) is 79.4 Å². The lowest BCUT2D eigenvalue weighted by molar-refractivity contribution is -0.144. The van der Waals surface area contributed by atoms with Crippen molar-refractivity contribution in [3.63, 3.8) is 0 Å². The molecule has 0 saturated carbocycles. The average molecular weight is 507 g/mol. The van der Waals surface area contributed by atoms with Crippen molar-refractivity contribution in [1.29, 1.82) is 0 Å². The summed E-state index contributed by atoms with van der Waals surface area (Å²) < 4.78 is 31.7. The zero-order valence-electron chi connectivity index (χ0n) is 22.1. The molecule has 0 aliphatic heterocycles. The van der Waals surface area contributed by atoms with Crippen LogP contribution in [0.3, 0.4) is 0 Å². The number of hydrogen-bond acceptors (Lipinski definition) is 11. The van der Waals surface area contributed by atoms with Gasteiger partial charge in [-0.2, -0.15) is 0 Å². The van der Waals surface area contributed by atoms with Crippen LogP contribution in [0.2, 0.25) is 0 Å². The zero-order valence-corrected chi connectivity index (χ0v) is 22.1. The van der Waals surface area contributed by atoms with Crippen LogP contribution in [0.25, 0.3) is 0 Å². The lowest BCUT2D eigenvalue weighted by atomic mass is 10.3. The molecule has 206 valence electrons. The van der Waals surface area contributed by atoms with Crippen LogP contribution >= 0.6 is 0 Å². The summed E-state index contributed by atoms with van der Waals surface area (Å²) >= 11 is 0. The van der Waals surface area contributed by atoms with Gasteiger partial charge in [-0.25, -0.2) is 0 Å². The van der Waals surface area contributed by atoms with Crippen molar-refractivity contribution in [3.05, 3.63) is 0 Å². The SMILES string of the molecule is CCOCCN(CCOCC)CCOCCCC(=O)OCCN(CCOC(C)=O)CCOC(C)=O. The van der Waals surface area contributed by atoms with Gasteiger partial charge in [0.15, 0.2) is 0 Å². The summed E-state index contributed by atoms with van der Waals surface area (Å²) in [4.78, 5) is 38.0. The average Bonchev–Trinajstić information content (AvgIpc) is 2.80. The van der Waals surface area contributed by atoms with Crippen molar-refractivity contribution >= 4 is 17.9 Å². The van der Waals surface area contributed by atoms with Crippen LogP contribution in [0.1, 0.15) is 40.5 Å². The summed E-state index contributed by atoms with van der Waals surface area (Å²) in [6, 6.07) is 0. The van der Waals surface area contributed by atoms with E-state index in [4.69, 9.17) is 28.4 Å². The van der Waals surface area contributed by atoms with E-state index in [-0.39, 0.29) is 44.1 Å². The molecule has 0 rings (SSSR count). The van der Waals surface area contributed by atoms with E-state index < -0.39 is 0 Å². The Bertz CT molecular complexity index is 519. The lowest BCUT2D eigenvalue weighted by Gasteiger charge is -2.22. The molecule has 11 nitrogen and oxygen atoms in total. The fourth-order valence-electron chi connectivity index (χ4n) is 2.96. The predicted molar refractivity (Wildman–Crippen MR) is 130 cm³/mol.